The van der Waals surface area contributed by atoms with Crippen molar-refractivity contribution < 1.29 is 24.0 Å². The second-order valence-corrected chi connectivity index (χ2v) is 7.45. The molecule has 0 unspecified atom stereocenters. The number of nitrogens with zero attached hydrogens (tertiary/aromatic N) is 2. The predicted octanol–water partition coefficient (Wildman–Crippen LogP) is 3.28. The van der Waals surface area contributed by atoms with Gasteiger partial charge < -0.3 is 4.74 Å². The van der Waals surface area contributed by atoms with Crippen molar-refractivity contribution in [2.45, 2.75) is 13.8 Å². The molecular formula is C21H18N4O6S. The molecule has 2 aromatic carbocycles. The van der Waals surface area contributed by atoms with Crippen LogP contribution < -0.4 is 10.9 Å². The molecule has 32 heavy (non-hydrogen) atoms. The summed E-state index contributed by atoms with van der Waals surface area (Å²) in [5.41, 5.74) is 5.02. The van der Waals surface area contributed by atoms with E-state index in [2.05, 4.69) is 15.8 Å². The van der Waals surface area contributed by atoms with Crippen molar-refractivity contribution in [3.05, 3.63) is 80.3 Å². The van der Waals surface area contributed by atoms with E-state index in [0.717, 1.165) is 35.1 Å². The Kier molecular flexibility index (Phi) is 6.90. The monoisotopic (exact) mass is 454 g/mol. The lowest BCUT2D eigenvalue weighted by atomic mass is 10.1. The fourth-order valence-corrected chi connectivity index (χ4v) is 3.70. The SMILES string of the molecule is CCOC(=O)c1cc(C(=O)NNC(=O)c2sc(-c3ccccc3)nc2C)cc([N+](=O)[O-])c1. The molecule has 1 aromatic heterocycles. The van der Waals surface area contributed by atoms with Crippen LogP contribution in [0.25, 0.3) is 10.6 Å². The van der Waals surface area contributed by atoms with Crippen LogP contribution in [0.3, 0.4) is 0 Å². The van der Waals surface area contributed by atoms with E-state index in [-0.39, 0.29) is 17.7 Å². The molecule has 11 heteroatoms. The first-order valence-corrected chi connectivity index (χ1v) is 10.2. The van der Waals surface area contributed by atoms with E-state index in [1.54, 1.807) is 13.8 Å². The number of hydrogen-bond acceptors (Lipinski definition) is 8. The number of carbonyl (C=O) groups is 3. The number of carbonyl (C=O) groups excluding carboxylic acids is 3. The number of aromatic nitrogens is 1. The highest BCUT2D eigenvalue weighted by Gasteiger charge is 2.20. The minimum atomic E-state index is -0.835. The van der Waals surface area contributed by atoms with E-state index >= 15 is 0 Å². The van der Waals surface area contributed by atoms with Crippen LogP contribution in [0.15, 0.2) is 48.5 Å². The Bertz CT molecular complexity index is 1190. The average molecular weight is 454 g/mol. The van der Waals surface area contributed by atoms with Crippen LogP contribution >= 0.6 is 11.3 Å². The summed E-state index contributed by atoms with van der Waals surface area (Å²) in [5.74, 6) is -2.23. The smallest absolute Gasteiger partial charge is 0.338 e. The molecule has 1 heterocycles. The van der Waals surface area contributed by atoms with E-state index in [4.69, 9.17) is 4.74 Å². The fraction of sp³-hybridized carbons (Fsp3) is 0.143. The van der Waals surface area contributed by atoms with Crippen LogP contribution in [0, 0.1) is 17.0 Å². The molecule has 0 aliphatic carbocycles. The topological polar surface area (TPSA) is 141 Å². The molecule has 0 fully saturated rings. The number of hydrogen-bond donors (Lipinski definition) is 2. The standard InChI is InChI=1S/C21H18N4O6S/c1-3-31-21(28)15-9-14(10-16(11-15)25(29)30)18(26)23-24-19(27)17-12(2)22-20(32-17)13-7-5-4-6-8-13/h4-11H,3H2,1-2H3,(H,23,26)(H,24,27). The van der Waals surface area contributed by atoms with Gasteiger partial charge in [-0.2, -0.15) is 0 Å². The molecule has 0 saturated heterocycles. The summed E-state index contributed by atoms with van der Waals surface area (Å²) in [6, 6.07) is 12.5. The highest BCUT2D eigenvalue weighted by molar-refractivity contribution is 7.17. The van der Waals surface area contributed by atoms with Gasteiger partial charge in [0.25, 0.3) is 17.5 Å². The first-order valence-electron chi connectivity index (χ1n) is 9.40. The van der Waals surface area contributed by atoms with Gasteiger partial charge in [0.2, 0.25) is 0 Å². The maximum Gasteiger partial charge on any atom is 0.338 e. The Morgan fingerprint density at radius 3 is 2.38 bits per heavy atom. The summed E-state index contributed by atoms with van der Waals surface area (Å²) < 4.78 is 4.84. The summed E-state index contributed by atoms with van der Waals surface area (Å²) in [6.07, 6.45) is 0. The Morgan fingerprint density at radius 2 is 1.72 bits per heavy atom. The number of esters is 1. The number of aryl methyl sites for hydroxylation is 1. The third kappa shape index (κ3) is 5.13. The number of thiazole rings is 1. The number of non-ortho nitro benzene ring substituents is 1. The summed E-state index contributed by atoms with van der Waals surface area (Å²) in [4.78, 5) is 52.1. The minimum Gasteiger partial charge on any atom is -0.462 e. The molecule has 0 aliphatic heterocycles. The Morgan fingerprint density at radius 1 is 1.06 bits per heavy atom. The quantitative estimate of drug-likeness (QED) is 0.331. The van der Waals surface area contributed by atoms with Crippen molar-refractivity contribution in [3.63, 3.8) is 0 Å². The molecule has 0 atom stereocenters. The number of ether oxygens (including phenoxy) is 1. The van der Waals surface area contributed by atoms with Crippen LogP contribution in [0.2, 0.25) is 0 Å². The molecule has 0 bridgehead atoms. The van der Waals surface area contributed by atoms with Gasteiger partial charge in [0.15, 0.2) is 0 Å². The third-order valence-corrected chi connectivity index (χ3v) is 5.42. The first kappa shape index (κ1) is 22.6. The van der Waals surface area contributed by atoms with Crippen molar-refractivity contribution in [2.75, 3.05) is 6.61 Å². The van der Waals surface area contributed by atoms with Gasteiger partial charge in [0.1, 0.15) is 9.88 Å². The number of nitrogens with one attached hydrogen (secondary N) is 2. The lowest BCUT2D eigenvalue weighted by Gasteiger charge is -2.08. The normalized spacial score (nSPS) is 10.3. The van der Waals surface area contributed by atoms with E-state index in [0.29, 0.717) is 15.6 Å². The van der Waals surface area contributed by atoms with Gasteiger partial charge in [0.05, 0.1) is 22.8 Å². The van der Waals surface area contributed by atoms with Gasteiger partial charge >= 0.3 is 5.97 Å². The number of benzene rings is 2. The number of hydrazine groups is 1. The van der Waals surface area contributed by atoms with Crippen LogP contribution in [-0.2, 0) is 4.74 Å². The largest absolute Gasteiger partial charge is 0.462 e. The van der Waals surface area contributed by atoms with Crippen molar-refractivity contribution in [3.8, 4) is 10.6 Å². The van der Waals surface area contributed by atoms with Gasteiger partial charge in [-0.25, -0.2) is 9.78 Å². The zero-order valence-corrected chi connectivity index (χ0v) is 17.9. The summed E-state index contributed by atoms with van der Waals surface area (Å²) in [6.45, 7) is 3.33. The van der Waals surface area contributed by atoms with Gasteiger partial charge in [-0.3, -0.25) is 30.6 Å². The molecular weight excluding hydrogens is 436 g/mol. The number of amides is 2. The number of rotatable bonds is 6. The van der Waals surface area contributed by atoms with Crippen LogP contribution in [0.4, 0.5) is 5.69 Å². The molecule has 3 aromatic rings. The molecule has 164 valence electrons. The van der Waals surface area contributed by atoms with Gasteiger partial charge in [-0.15, -0.1) is 11.3 Å². The highest BCUT2D eigenvalue weighted by Crippen LogP contribution is 2.27. The van der Waals surface area contributed by atoms with Crippen molar-refractivity contribution in [2.24, 2.45) is 0 Å². The molecule has 0 aliphatic rings. The molecule has 3 rings (SSSR count). The lowest BCUT2D eigenvalue weighted by Crippen LogP contribution is -2.41. The third-order valence-electron chi connectivity index (χ3n) is 4.22. The number of nitro benzene ring substituents is 1. The molecule has 10 nitrogen and oxygen atoms in total. The summed E-state index contributed by atoms with van der Waals surface area (Å²) in [5, 5.41) is 11.8. The zero-order chi connectivity index (χ0) is 23.3. The van der Waals surface area contributed by atoms with E-state index in [1.807, 2.05) is 30.3 Å². The first-order chi connectivity index (χ1) is 15.3. The van der Waals surface area contributed by atoms with Gasteiger partial charge in [-0.1, -0.05) is 30.3 Å². The number of nitro groups is 1. The van der Waals surface area contributed by atoms with Crippen molar-refractivity contribution >= 4 is 34.8 Å². The molecule has 2 N–H and O–H groups in total. The van der Waals surface area contributed by atoms with Gasteiger partial charge in [-0.05, 0) is 19.9 Å². The van der Waals surface area contributed by atoms with Crippen molar-refractivity contribution in [1.82, 2.24) is 15.8 Å². The maximum atomic E-state index is 12.5. The molecule has 0 radical (unpaired) electrons. The second kappa shape index (κ2) is 9.79. The van der Waals surface area contributed by atoms with Crippen LogP contribution in [-0.4, -0.2) is 34.3 Å². The van der Waals surface area contributed by atoms with Crippen molar-refractivity contribution in [1.29, 1.82) is 0 Å². The molecule has 0 saturated carbocycles. The summed E-state index contributed by atoms with van der Waals surface area (Å²) >= 11 is 1.16. The molecule has 2 amide bonds. The average Bonchev–Trinajstić information content (AvgIpc) is 3.19. The predicted molar refractivity (Wildman–Crippen MR) is 116 cm³/mol. The maximum absolute atomic E-state index is 12.5. The van der Waals surface area contributed by atoms with E-state index < -0.39 is 28.4 Å². The van der Waals surface area contributed by atoms with E-state index in [1.165, 1.54) is 0 Å². The Labute approximate surface area is 186 Å². The fourth-order valence-electron chi connectivity index (χ4n) is 2.73. The Balaban J connectivity index is 1.75. The lowest BCUT2D eigenvalue weighted by molar-refractivity contribution is -0.384. The highest BCUT2D eigenvalue weighted by atomic mass is 32.1. The summed E-state index contributed by atoms with van der Waals surface area (Å²) in [7, 11) is 0. The zero-order valence-electron chi connectivity index (χ0n) is 17.1. The van der Waals surface area contributed by atoms with Crippen LogP contribution in [0.1, 0.15) is 43.0 Å². The second-order valence-electron chi connectivity index (χ2n) is 6.45. The Hall–Kier alpha value is -4.12. The van der Waals surface area contributed by atoms with E-state index in [9.17, 15) is 24.5 Å². The van der Waals surface area contributed by atoms with Crippen LogP contribution in [0.5, 0.6) is 0 Å². The molecule has 0 spiro atoms. The van der Waals surface area contributed by atoms with Gasteiger partial charge in [0, 0.05) is 23.3 Å². The minimum absolute atomic E-state index is 0.0677.